The molecule has 1 aromatic rings. The van der Waals surface area contributed by atoms with Crippen molar-refractivity contribution in [3.8, 4) is 5.75 Å². The summed E-state index contributed by atoms with van der Waals surface area (Å²) in [4.78, 5) is 13.2. The van der Waals surface area contributed by atoms with Crippen molar-refractivity contribution in [3.63, 3.8) is 0 Å². The molecule has 0 saturated carbocycles. The van der Waals surface area contributed by atoms with Gasteiger partial charge in [0, 0.05) is 25.2 Å². The fraction of sp³-hybridized carbons (Fsp3) is 0.417. The Balaban J connectivity index is 2.63. The van der Waals surface area contributed by atoms with Crippen LogP contribution >= 0.6 is 0 Å². The first-order valence-corrected chi connectivity index (χ1v) is 5.24. The maximum atomic E-state index is 11.7. The van der Waals surface area contributed by atoms with E-state index in [0.29, 0.717) is 18.5 Å². The van der Waals surface area contributed by atoms with E-state index < -0.39 is 6.10 Å². The summed E-state index contributed by atoms with van der Waals surface area (Å²) in [6, 6.07) is 6.51. The monoisotopic (exact) mass is 223 g/mol. The zero-order valence-electron chi connectivity index (χ0n) is 9.55. The van der Waals surface area contributed by atoms with Gasteiger partial charge in [0.05, 0.1) is 6.10 Å². The molecular weight excluding hydrogens is 206 g/mol. The van der Waals surface area contributed by atoms with Crippen molar-refractivity contribution < 1.29 is 15.0 Å². The lowest BCUT2D eigenvalue weighted by molar-refractivity contribution is -0.118. The van der Waals surface area contributed by atoms with Crippen molar-refractivity contribution in [2.24, 2.45) is 0 Å². The molecule has 1 amide bonds. The number of hydrogen-bond acceptors (Lipinski definition) is 3. The standard InChI is InChI=1S/C12H17NO3/c1-9(14)6-7-12(16)13(2)10-4-3-5-11(15)8-10/h3-5,8-9,14-15H,6-7H2,1-2H3. The quantitative estimate of drug-likeness (QED) is 0.813. The molecule has 0 heterocycles. The predicted molar refractivity (Wildman–Crippen MR) is 62.4 cm³/mol. The van der Waals surface area contributed by atoms with Gasteiger partial charge in [-0.1, -0.05) is 6.07 Å². The largest absolute Gasteiger partial charge is 0.508 e. The molecule has 1 atom stereocenters. The number of carbonyl (C=O) groups is 1. The van der Waals surface area contributed by atoms with Crippen LogP contribution in [0.5, 0.6) is 5.75 Å². The number of benzene rings is 1. The van der Waals surface area contributed by atoms with Gasteiger partial charge in [-0.15, -0.1) is 0 Å². The zero-order chi connectivity index (χ0) is 12.1. The lowest BCUT2D eigenvalue weighted by Gasteiger charge is -2.17. The van der Waals surface area contributed by atoms with E-state index in [1.165, 1.54) is 11.0 Å². The minimum Gasteiger partial charge on any atom is -0.508 e. The highest BCUT2D eigenvalue weighted by molar-refractivity contribution is 5.92. The lowest BCUT2D eigenvalue weighted by atomic mass is 10.2. The zero-order valence-corrected chi connectivity index (χ0v) is 9.55. The number of aliphatic hydroxyl groups is 1. The van der Waals surface area contributed by atoms with Crippen LogP contribution in [0.25, 0.3) is 0 Å². The van der Waals surface area contributed by atoms with Gasteiger partial charge in [0.2, 0.25) is 5.91 Å². The van der Waals surface area contributed by atoms with Crippen LogP contribution in [0.3, 0.4) is 0 Å². The summed E-state index contributed by atoms with van der Waals surface area (Å²) < 4.78 is 0. The molecule has 0 fully saturated rings. The number of phenolic OH excluding ortho intramolecular Hbond substituents is 1. The molecule has 0 aliphatic rings. The first-order chi connectivity index (χ1) is 7.50. The molecule has 0 aliphatic heterocycles. The van der Waals surface area contributed by atoms with E-state index in [9.17, 15) is 9.90 Å². The summed E-state index contributed by atoms with van der Waals surface area (Å²) in [5.41, 5.74) is 0.649. The Morgan fingerprint density at radius 1 is 1.50 bits per heavy atom. The van der Waals surface area contributed by atoms with Crippen molar-refractivity contribution in [2.45, 2.75) is 25.9 Å². The summed E-state index contributed by atoms with van der Waals surface area (Å²) in [6.45, 7) is 1.65. The topological polar surface area (TPSA) is 60.8 Å². The fourth-order valence-corrected chi connectivity index (χ4v) is 1.35. The third-order valence-electron chi connectivity index (χ3n) is 2.37. The second-order valence-electron chi connectivity index (χ2n) is 3.86. The van der Waals surface area contributed by atoms with Gasteiger partial charge in [-0.2, -0.15) is 0 Å². The second kappa shape index (κ2) is 5.51. The third kappa shape index (κ3) is 3.55. The number of aromatic hydroxyl groups is 1. The van der Waals surface area contributed by atoms with E-state index >= 15 is 0 Å². The lowest BCUT2D eigenvalue weighted by Crippen LogP contribution is -2.26. The van der Waals surface area contributed by atoms with Crippen LogP contribution in [0.15, 0.2) is 24.3 Å². The molecule has 1 unspecified atom stereocenters. The van der Waals surface area contributed by atoms with Gasteiger partial charge >= 0.3 is 0 Å². The van der Waals surface area contributed by atoms with Gasteiger partial charge in [0.1, 0.15) is 5.75 Å². The molecule has 4 nitrogen and oxygen atoms in total. The van der Waals surface area contributed by atoms with Gasteiger partial charge in [-0.05, 0) is 25.5 Å². The van der Waals surface area contributed by atoms with Crippen molar-refractivity contribution in [2.75, 3.05) is 11.9 Å². The van der Waals surface area contributed by atoms with Crippen LogP contribution in [0.4, 0.5) is 5.69 Å². The normalized spacial score (nSPS) is 12.2. The van der Waals surface area contributed by atoms with E-state index in [1.54, 1.807) is 32.2 Å². The Hall–Kier alpha value is -1.55. The fourth-order valence-electron chi connectivity index (χ4n) is 1.35. The number of rotatable bonds is 4. The molecule has 0 saturated heterocycles. The highest BCUT2D eigenvalue weighted by Gasteiger charge is 2.11. The van der Waals surface area contributed by atoms with Crippen molar-refractivity contribution in [1.29, 1.82) is 0 Å². The molecular formula is C12H17NO3. The first-order valence-electron chi connectivity index (χ1n) is 5.24. The van der Waals surface area contributed by atoms with Crippen LogP contribution in [-0.4, -0.2) is 29.3 Å². The molecule has 0 aromatic heterocycles. The molecule has 16 heavy (non-hydrogen) atoms. The summed E-state index contributed by atoms with van der Waals surface area (Å²) in [5.74, 6) is 0.0548. The molecule has 1 rings (SSSR count). The van der Waals surface area contributed by atoms with Crippen LogP contribution in [0.2, 0.25) is 0 Å². The number of carbonyl (C=O) groups excluding carboxylic acids is 1. The highest BCUT2D eigenvalue weighted by atomic mass is 16.3. The first kappa shape index (κ1) is 12.5. The van der Waals surface area contributed by atoms with Gasteiger partial charge in [0.25, 0.3) is 0 Å². The minimum absolute atomic E-state index is 0.0773. The van der Waals surface area contributed by atoms with Crippen LogP contribution in [-0.2, 0) is 4.79 Å². The predicted octanol–water partition coefficient (Wildman–Crippen LogP) is 1.52. The van der Waals surface area contributed by atoms with Crippen LogP contribution < -0.4 is 4.90 Å². The van der Waals surface area contributed by atoms with Gasteiger partial charge in [-0.25, -0.2) is 0 Å². The van der Waals surface area contributed by atoms with E-state index in [1.807, 2.05) is 0 Å². The van der Waals surface area contributed by atoms with Gasteiger partial charge in [0.15, 0.2) is 0 Å². The van der Waals surface area contributed by atoms with Crippen molar-refractivity contribution in [3.05, 3.63) is 24.3 Å². The summed E-state index contributed by atoms with van der Waals surface area (Å²) in [7, 11) is 1.65. The number of anilines is 1. The average molecular weight is 223 g/mol. The third-order valence-corrected chi connectivity index (χ3v) is 2.37. The molecule has 0 spiro atoms. The molecule has 4 heteroatoms. The summed E-state index contributed by atoms with van der Waals surface area (Å²) in [5, 5.41) is 18.4. The Morgan fingerprint density at radius 2 is 2.19 bits per heavy atom. The van der Waals surface area contributed by atoms with Crippen molar-refractivity contribution >= 4 is 11.6 Å². The van der Waals surface area contributed by atoms with Gasteiger partial charge in [-0.3, -0.25) is 4.79 Å². The Morgan fingerprint density at radius 3 is 2.75 bits per heavy atom. The smallest absolute Gasteiger partial charge is 0.226 e. The highest BCUT2D eigenvalue weighted by Crippen LogP contribution is 2.19. The Kier molecular flexibility index (Phi) is 4.31. The second-order valence-corrected chi connectivity index (χ2v) is 3.86. The van der Waals surface area contributed by atoms with E-state index in [-0.39, 0.29) is 11.7 Å². The van der Waals surface area contributed by atoms with Gasteiger partial charge < -0.3 is 15.1 Å². The van der Waals surface area contributed by atoms with E-state index in [2.05, 4.69) is 0 Å². The number of aliphatic hydroxyl groups excluding tert-OH is 1. The van der Waals surface area contributed by atoms with E-state index in [4.69, 9.17) is 5.11 Å². The Labute approximate surface area is 95.1 Å². The Bertz CT molecular complexity index is 363. The van der Waals surface area contributed by atoms with Crippen LogP contribution in [0, 0.1) is 0 Å². The molecule has 0 bridgehead atoms. The molecule has 0 aliphatic carbocycles. The van der Waals surface area contributed by atoms with E-state index in [0.717, 1.165) is 0 Å². The number of nitrogens with zero attached hydrogens (tertiary/aromatic N) is 1. The summed E-state index contributed by atoms with van der Waals surface area (Å²) >= 11 is 0. The SMILES string of the molecule is CC(O)CCC(=O)N(C)c1cccc(O)c1. The number of phenols is 1. The van der Waals surface area contributed by atoms with Crippen LogP contribution in [0.1, 0.15) is 19.8 Å². The number of amides is 1. The van der Waals surface area contributed by atoms with Crippen molar-refractivity contribution in [1.82, 2.24) is 0 Å². The maximum Gasteiger partial charge on any atom is 0.226 e. The molecule has 1 aromatic carbocycles. The molecule has 0 radical (unpaired) electrons. The maximum absolute atomic E-state index is 11.7. The molecule has 88 valence electrons. The average Bonchev–Trinajstić information content (AvgIpc) is 2.24. The minimum atomic E-state index is -0.471. The summed E-state index contributed by atoms with van der Waals surface area (Å²) in [6.07, 6.45) is 0.271. The number of hydrogen-bond donors (Lipinski definition) is 2. The molecule has 2 N–H and O–H groups in total.